The normalized spacial score (nSPS) is 11.1. The van der Waals surface area contributed by atoms with Gasteiger partial charge in [-0.15, -0.1) is 35.3 Å². The fourth-order valence-corrected chi connectivity index (χ4v) is 3.11. The van der Waals surface area contributed by atoms with Crippen LogP contribution in [0.4, 0.5) is 0 Å². The van der Waals surface area contributed by atoms with Crippen LogP contribution < -0.4 is 10.6 Å². The van der Waals surface area contributed by atoms with Crippen molar-refractivity contribution in [2.45, 2.75) is 26.8 Å². The smallest absolute Gasteiger partial charge is 0.191 e. The van der Waals surface area contributed by atoms with Crippen molar-refractivity contribution in [3.63, 3.8) is 0 Å². The summed E-state index contributed by atoms with van der Waals surface area (Å²) in [5.41, 5.74) is 2.93. The number of thiazole rings is 1. The van der Waals surface area contributed by atoms with Crippen LogP contribution in [0.25, 0.3) is 11.3 Å². The van der Waals surface area contributed by atoms with Crippen molar-refractivity contribution < 1.29 is 4.52 Å². The molecule has 0 atom stereocenters. The number of nitrogens with one attached hydrogen (secondary N) is 2. The minimum absolute atomic E-state index is 0. The minimum Gasteiger partial charge on any atom is -0.357 e. The number of aryl methyl sites for hydroxylation is 1. The molecule has 0 bridgehead atoms. The fraction of sp³-hybridized carbons (Fsp3) is 0.316. The molecule has 0 fully saturated rings. The first kappa shape index (κ1) is 21.4. The molecule has 0 aliphatic carbocycles. The second kappa shape index (κ2) is 11.0. The van der Waals surface area contributed by atoms with E-state index in [9.17, 15) is 0 Å². The SMILES string of the molecule is CCNC(=NCc1cc(-c2ccccc2)on1)NCCc1csc(C)n1.I. The average Bonchev–Trinajstić information content (AvgIpc) is 3.29. The lowest BCUT2D eigenvalue weighted by atomic mass is 10.2. The Hall–Kier alpha value is -1.94. The summed E-state index contributed by atoms with van der Waals surface area (Å²) in [6.45, 7) is 6.11. The van der Waals surface area contributed by atoms with E-state index in [-0.39, 0.29) is 24.0 Å². The summed E-state index contributed by atoms with van der Waals surface area (Å²) in [7, 11) is 0. The zero-order valence-corrected chi connectivity index (χ0v) is 18.6. The monoisotopic (exact) mass is 497 g/mol. The number of hydrogen-bond donors (Lipinski definition) is 2. The maximum atomic E-state index is 5.42. The lowest BCUT2D eigenvalue weighted by Gasteiger charge is -2.10. The molecule has 144 valence electrons. The Morgan fingerprint density at radius 2 is 2.00 bits per heavy atom. The molecule has 3 rings (SSSR count). The van der Waals surface area contributed by atoms with Crippen molar-refractivity contribution in [1.82, 2.24) is 20.8 Å². The molecule has 2 N–H and O–H groups in total. The second-order valence-electron chi connectivity index (χ2n) is 5.78. The Labute approximate surface area is 180 Å². The van der Waals surface area contributed by atoms with E-state index in [2.05, 4.69) is 31.1 Å². The zero-order valence-electron chi connectivity index (χ0n) is 15.4. The van der Waals surface area contributed by atoms with E-state index in [1.165, 1.54) is 0 Å². The minimum atomic E-state index is 0. The molecule has 0 aliphatic heterocycles. The first-order chi connectivity index (χ1) is 12.7. The maximum absolute atomic E-state index is 5.42. The van der Waals surface area contributed by atoms with Crippen LogP contribution in [0.2, 0.25) is 0 Å². The van der Waals surface area contributed by atoms with Gasteiger partial charge in [0.25, 0.3) is 0 Å². The van der Waals surface area contributed by atoms with Gasteiger partial charge in [-0.2, -0.15) is 0 Å². The lowest BCUT2D eigenvalue weighted by molar-refractivity contribution is 0.424. The molecule has 1 aromatic carbocycles. The number of nitrogens with zero attached hydrogens (tertiary/aromatic N) is 3. The number of aromatic nitrogens is 2. The summed E-state index contributed by atoms with van der Waals surface area (Å²) < 4.78 is 5.42. The molecule has 0 aliphatic rings. The van der Waals surface area contributed by atoms with Gasteiger partial charge in [-0.1, -0.05) is 35.5 Å². The highest BCUT2D eigenvalue weighted by Gasteiger charge is 2.06. The number of guanidine groups is 1. The van der Waals surface area contributed by atoms with Crippen LogP contribution in [0, 0.1) is 6.92 Å². The van der Waals surface area contributed by atoms with Gasteiger partial charge in [0.2, 0.25) is 0 Å². The highest BCUT2D eigenvalue weighted by atomic mass is 127. The summed E-state index contributed by atoms with van der Waals surface area (Å²) in [6, 6.07) is 11.9. The molecule has 0 radical (unpaired) electrons. The molecule has 0 amide bonds. The van der Waals surface area contributed by atoms with Gasteiger partial charge in [-0.3, -0.25) is 0 Å². The van der Waals surface area contributed by atoms with Crippen LogP contribution in [0.15, 0.2) is 51.3 Å². The predicted molar refractivity (Wildman–Crippen MR) is 121 cm³/mol. The van der Waals surface area contributed by atoms with Crippen LogP contribution in [-0.2, 0) is 13.0 Å². The van der Waals surface area contributed by atoms with E-state index in [0.717, 1.165) is 53.2 Å². The summed E-state index contributed by atoms with van der Waals surface area (Å²) in [5, 5.41) is 13.9. The number of benzene rings is 1. The molecule has 0 spiro atoms. The Morgan fingerprint density at radius 1 is 1.19 bits per heavy atom. The molecule has 27 heavy (non-hydrogen) atoms. The zero-order chi connectivity index (χ0) is 18.2. The molecule has 6 nitrogen and oxygen atoms in total. The summed E-state index contributed by atoms with van der Waals surface area (Å²) in [4.78, 5) is 9.06. The Bertz CT molecular complexity index is 847. The van der Waals surface area contributed by atoms with Crippen molar-refractivity contribution >= 4 is 41.3 Å². The van der Waals surface area contributed by atoms with Gasteiger partial charge in [-0.25, -0.2) is 9.98 Å². The molecular formula is C19H24IN5OS. The van der Waals surface area contributed by atoms with Crippen LogP contribution in [0.5, 0.6) is 0 Å². The predicted octanol–water partition coefficient (Wildman–Crippen LogP) is 4.02. The quantitative estimate of drug-likeness (QED) is 0.293. The lowest BCUT2D eigenvalue weighted by Crippen LogP contribution is -2.38. The number of halogens is 1. The van der Waals surface area contributed by atoms with Gasteiger partial charge in [0.1, 0.15) is 5.69 Å². The van der Waals surface area contributed by atoms with Crippen LogP contribution in [0.3, 0.4) is 0 Å². The van der Waals surface area contributed by atoms with Crippen molar-refractivity contribution in [2.24, 2.45) is 4.99 Å². The third kappa shape index (κ3) is 6.62. The van der Waals surface area contributed by atoms with Gasteiger partial charge in [0, 0.05) is 36.5 Å². The largest absolute Gasteiger partial charge is 0.357 e. The molecular weight excluding hydrogens is 473 g/mol. The van der Waals surface area contributed by atoms with Gasteiger partial charge in [0.15, 0.2) is 11.7 Å². The van der Waals surface area contributed by atoms with Crippen molar-refractivity contribution in [3.05, 3.63) is 58.2 Å². The van der Waals surface area contributed by atoms with E-state index in [1.54, 1.807) is 11.3 Å². The van der Waals surface area contributed by atoms with Crippen molar-refractivity contribution in [2.75, 3.05) is 13.1 Å². The number of hydrogen-bond acceptors (Lipinski definition) is 5. The molecule has 0 unspecified atom stereocenters. The topological polar surface area (TPSA) is 75.3 Å². The van der Waals surface area contributed by atoms with Crippen molar-refractivity contribution in [1.29, 1.82) is 0 Å². The van der Waals surface area contributed by atoms with E-state index in [1.807, 2.05) is 50.2 Å². The summed E-state index contributed by atoms with van der Waals surface area (Å²) in [5.74, 6) is 1.52. The van der Waals surface area contributed by atoms with Crippen LogP contribution in [-0.4, -0.2) is 29.2 Å². The molecule has 8 heteroatoms. The van der Waals surface area contributed by atoms with E-state index >= 15 is 0 Å². The number of aliphatic imine (C=N–C) groups is 1. The fourth-order valence-electron chi connectivity index (χ4n) is 2.46. The van der Waals surface area contributed by atoms with Crippen LogP contribution >= 0.6 is 35.3 Å². The molecule has 2 aromatic heterocycles. The average molecular weight is 497 g/mol. The standard InChI is InChI=1S/C19H23N5OS.HI/c1-3-20-19(21-10-9-16-13-26-14(2)23-16)22-12-17-11-18(25-24-17)15-7-5-4-6-8-15;/h4-8,11,13H,3,9-10,12H2,1-2H3,(H2,20,21,22);1H. The third-order valence-electron chi connectivity index (χ3n) is 3.70. The molecule has 2 heterocycles. The molecule has 0 saturated carbocycles. The molecule has 3 aromatic rings. The van der Waals surface area contributed by atoms with Gasteiger partial charge in [-0.05, 0) is 13.8 Å². The third-order valence-corrected chi connectivity index (χ3v) is 4.52. The van der Waals surface area contributed by atoms with E-state index in [4.69, 9.17) is 4.52 Å². The van der Waals surface area contributed by atoms with Gasteiger partial charge < -0.3 is 15.2 Å². The van der Waals surface area contributed by atoms with Gasteiger partial charge in [0.05, 0.1) is 17.2 Å². The summed E-state index contributed by atoms with van der Waals surface area (Å²) >= 11 is 1.68. The Kier molecular flexibility index (Phi) is 8.73. The second-order valence-corrected chi connectivity index (χ2v) is 6.84. The van der Waals surface area contributed by atoms with E-state index in [0.29, 0.717) is 6.54 Å². The van der Waals surface area contributed by atoms with Crippen LogP contribution in [0.1, 0.15) is 23.3 Å². The van der Waals surface area contributed by atoms with E-state index < -0.39 is 0 Å². The maximum Gasteiger partial charge on any atom is 0.191 e. The first-order valence-corrected chi connectivity index (χ1v) is 9.56. The molecule has 0 saturated heterocycles. The van der Waals surface area contributed by atoms with Crippen molar-refractivity contribution in [3.8, 4) is 11.3 Å². The highest BCUT2D eigenvalue weighted by molar-refractivity contribution is 14.0. The highest BCUT2D eigenvalue weighted by Crippen LogP contribution is 2.19. The Morgan fingerprint density at radius 3 is 2.70 bits per heavy atom. The van der Waals surface area contributed by atoms with Gasteiger partial charge >= 0.3 is 0 Å². The Balaban J connectivity index is 0.00000261. The number of rotatable bonds is 7. The summed E-state index contributed by atoms with van der Waals surface area (Å²) in [6.07, 6.45) is 0.872. The first-order valence-electron chi connectivity index (χ1n) is 8.69.